The summed E-state index contributed by atoms with van der Waals surface area (Å²) in [6.07, 6.45) is 5.04. The number of piperidine rings is 1. The SMILES string of the molecule is CSCC(=O)N1CCCC(CCc2c(F)cccc2F)C1. The number of thioether (sulfide) groups is 1. The fourth-order valence-electron chi connectivity index (χ4n) is 2.86. The summed E-state index contributed by atoms with van der Waals surface area (Å²) >= 11 is 1.53. The Kier molecular flexibility index (Phi) is 6.03. The minimum atomic E-state index is -0.471. The highest BCUT2D eigenvalue weighted by Crippen LogP contribution is 2.23. The lowest BCUT2D eigenvalue weighted by Crippen LogP contribution is -2.41. The average Bonchev–Trinajstić information content (AvgIpc) is 2.47. The zero-order chi connectivity index (χ0) is 15.2. The number of nitrogens with zero attached hydrogens (tertiary/aromatic N) is 1. The molecule has 0 N–H and O–H groups in total. The van der Waals surface area contributed by atoms with Gasteiger partial charge in [0.05, 0.1) is 5.75 Å². The Labute approximate surface area is 128 Å². The molecule has 1 atom stereocenters. The van der Waals surface area contributed by atoms with Crippen LogP contribution in [0, 0.1) is 17.6 Å². The van der Waals surface area contributed by atoms with Gasteiger partial charge in [-0.2, -0.15) is 11.8 Å². The number of halogens is 2. The molecule has 1 aliphatic rings. The molecule has 1 unspecified atom stereocenters. The summed E-state index contributed by atoms with van der Waals surface area (Å²) in [7, 11) is 0. The third kappa shape index (κ3) is 4.43. The monoisotopic (exact) mass is 313 g/mol. The Bertz CT molecular complexity index is 475. The van der Waals surface area contributed by atoms with Crippen molar-refractivity contribution >= 4 is 17.7 Å². The van der Waals surface area contributed by atoms with E-state index in [9.17, 15) is 13.6 Å². The first-order valence-corrected chi connectivity index (χ1v) is 8.70. The van der Waals surface area contributed by atoms with Gasteiger partial charge in [0.1, 0.15) is 11.6 Å². The molecular formula is C16H21F2NOS. The summed E-state index contributed by atoms with van der Waals surface area (Å²) in [5.74, 6) is 0.0735. The van der Waals surface area contributed by atoms with Gasteiger partial charge in [-0.05, 0) is 50.0 Å². The molecule has 21 heavy (non-hydrogen) atoms. The molecule has 1 fully saturated rings. The van der Waals surface area contributed by atoms with Gasteiger partial charge >= 0.3 is 0 Å². The number of carbonyl (C=O) groups excluding carboxylic acids is 1. The lowest BCUT2D eigenvalue weighted by molar-refractivity contribution is -0.130. The molecule has 1 amide bonds. The molecule has 1 heterocycles. The fraction of sp³-hybridized carbons (Fsp3) is 0.562. The first kappa shape index (κ1) is 16.3. The quantitative estimate of drug-likeness (QED) is 0.829. The maximum atomic E-state index is 13.6. The van der Waals surface area contributed by atoms with E-state index in [-0.39, 0.29) is 11.5 Å². The molecular weight excluding hydrogens is 292 g/mol. The van der Waals surface area contributed by atoms with Crippen molar-refractivity contribution in [2.75, 3.05) is 25.1 Å². The van der Waals surface area contributed by atoms with Crippen molar-refractivity contribution in [1.29, 1.82) is 0 Å². The molecule has 0 aromatic heterocycles. The van der Waals surface area contributed by atoms with E-state index in [4.69, 9.17) is 0 Å². The summed E-state index contributed by atoms with van der Waals surface area (Å²) in [6.45, 7) is 1.53. The van der Waals surface area contributed by atoms with Crippen LogP contribution in [0.1, 0.15) is 24.8 Å². The number of amides is 1. The van der Waals surface area contributed by atoms with Gasteiger partial charge in [-0.3, -0.25) is 4.79 Å². The molecule has 1 aromatic rings. The van der Waals surface area contributed by atoms with Crippen molar-refractivity contribution < 1.29 is 13.6 Å². The summed E-state index contributed by atoms with van der Waals surface area (Å²) in [5.41, 5.74) is 0.171. The first-order chi connectivity index (χ1) is 10.1. The summed E-state index contributed by atoms with van der Waals surface area (Å²) < 4.78 is 27.2. The third-order valence-electron chi connectivity index (χ3n) is 4.00. The third-order valence-corrected chi connectivity index (χ3v) is 4.54. The smallest absolute Gasteiger partial charge is 0.232 e. The van der Waals surface area contributed by atoms with Crippen molar-refractivity contribution in [3.05, 3.63) is 35.4 Å². The van der Waals surface area contributed by atoms with E-state index in [0.717, 1.165) is 32.4 Å². The molecule has 0 saturated carbocycles. The maximum absolute atomic E-state index is 13.6. The van der Waals surface area contributed by atoms with Crippen LogP contribution in [-0.4, -0.2) is 35.9 Å². The fourth-order valence-corrected chi connectivity index (χ4v) is 3.29. The second-order valence-electron chi connectivity index (χ2n) is 5.52. The number of likely N-dealkylation sites (tertiary alicyclic amines) is 1. The van der Waals surface area contributed by atoms with Gasteiger partial charge in [-0.1, -0.05) is 6.07 Å². The van der Waals surface area contributed by atoms with E-state index in [1.165, 1.54) is 30.0 Å². The molecule has 1 aliphatic heterocycles. The Morgan fingerprint density at radius 1 is 1.38 bits per heavy atom. The number of benzene rings is 1. The zero-order valence-electron chi connectivity index (χ0n) is 12.3. The van der Waals surface area contributed by atoms with Gasteiger partial charge < -0.3 is 4.90 Å². The molecule has 0 radical (unpaired) electrons. The predicted molar refractivity (Wildman–Crippen MR) is 82.4 cm³/mol. The van der Waals surface area contributed by atoms with Gasteiger partial charge in [0.15, 0.2) is 0 Å². The summed E-state index contributed by atoms with van der Waals surface area (Å²) in [5, 5.41) is 0. The Balaban J connectivity index is 1.90. The molecule has 1 aromatic carbocycles. The van der Waals surface area contributed by atoms with Crippen molar-refractivity contribution in [3.63, 3.8) is 0 Å². The van der Waals surface area contributed by atoms with E-state index in [0.29, 0.717) is 18.1 Å². The Morgan fingerprint density at radius 2 is 2.10 bits per heavy atom. The summed E-state index contributed by atoms with van der Waals surface area (Å²) in [6, 6.07) is 3.98. The molecule has 5 heteroatoms. The number of carbonyl (C=O) groups is 1. The number of hydrogen-bond donors (Lipinski definition) is 0. The van der Waals surface area contributed by atoms with Crippen molar-refractivity contribution in [1.82, 2.24) is 4.90 Å². The molecule has 0 spiro atoms. The lowest BCUT2D eigenvalue weighted by atomic mass is 9.91. The Morgan fingerprint density at radius 3 is 2.76 bits per heavy atom. The van der Waals surface area contributed by atoms with Crippen LogP contribution < -0.4 is 0 Å². The first-order valence-electron chi connectivity index (χ1n) is 7.31. The highest BCUT2D eigenvalue weighted by molar-refractivity contribution is 7.99. The van der Waals surface area contributed by atoms with E-state index in [2.05, 4.69) is 0 Å². The summed E-state index contributed by atoms with van der Waals surface area (Å²) in [4.78, 5) is 13.8. The van der Waals surface area contributed by atoms with Gasteiger partial charge in [-0.25, -0.2) is 8.78 Å². The van der Waals surface area contributed by atoms with Crippen LogP contribution in [0.25, 0.3) is 0 Å². The molecule has 0 aliphatic carbocycles. The largest absolute Gasteiger partial charge is 0.342 e. The van der Waals surface area contributed by atoms with Crippen molar-refractivity contribution in [3.8, 4) is 0 Å². The highest BCUT2D eigenvalue weighted by atomic mass is 32.2. The van der Waals surface area contributed by atoms with E-state index in [1.54, 1.807) is 0 Å². The van der Waals surface area contributed by atoms with E-state index < -0.39 is 11.6 Å². The van der Waals surface area contributed by atoms with E-state index in [1.807, 2.05) is 11.2 Å². The van der Waals surface area contributed by atoms with Crippen LogP contribution in [0.5, 0.6) is 0 Å². The molecule has 2 rings (SSSR count). The molecule has 2 nitrogen and oxygen atoms in total. The van der Waals surface area contributed by atoms with Crippen LogP contribution in [0.3, 0.4) is 0 Å². The lowest BCUT2D eigenvalue weighted by Gasteiger charge is -2.32. The number of hydrogen-bond acceptors (Lipinski definition) is 2. The topological polar surface area (TPSA) is 20.3 Å². The zero-order valence-corrected chi connectivity index (χ0v) is 13.1. The minimum absolute atomic E-state index is 0.171. The van der Waals surface area contributed by atoms with Gasteiger partial charge in [-0.15, -0.1) is 0 Å². The van der Waals surface area contributed by atoms with Crippen LogP contribution in [-0.2, 0) is 11.2 Å². The van der Waals surface area contributed by atoms with Gasteiger partial charge in [0.2, 0.25) is 5.91 Å². The maximum Gasteiger partial charge on any atom is 0.232 e. The van der Waals surface area contributed by atoms with Crippen LogP contribution in [0.2, 0.25) is 0 Å². The molecule has 0 bridgehead atoms. The van der Waals surface area contributed by atoms with Crippen LogP contribution in [0.15, 0.2) is 18.2 Å². The van der Waals surface area contributed by atoms with Crippen LogP contribution in [0.4, 0.5) is 8.78 Å². The van der Waals surface area contributed by atoms with E-state index >= 15 is 0 Å². The van der Waals surface area contributed by atoms with Gasteiger partial charge in [0.25, 0.3) is 0 Å². The van der Waals surface area contributed by atoms with Crippen molar-refractivity contribution in [2.45, 2.75) is 25.7 Å². The normalized spacial score (nSPS) is 18.8. The second kappa shape index (κ2) is 7.78. The average molecular weight is 313 g/mol. The molecule has 116 valence electrons. The van der Waals surface area contributed by atoms with Gasteiger partial charge in [0, 0.05) is 18.7 Å². The predicted octanol–water partition coefficient (Wildman–Crippen LogP) is 3.50. The van der Waals surface area contributed by atoms with Crippen LogP contribution >= 0.6 is 11.8 Å². The molecule has 1 saturated heterocycles. The number of rotatable bonds is 5. The Hall–Kier alpha value is -1.10. The highest BCUT2D eigenvalue weighted by Gasteiger charge is 2.23. The van der Waals surface area contributed by atoms with Crippen molar-refractivity contribution in [2.24, 2.45) is 5.92 Å². The second-order valence-corrected chi connectivity index (χ2v) is 6.39. The standard InChI is InChI=1S/C16H21F2NOS/c1-21-11-16(20)19-9-3-4-12(10-19)7-8-13-14(17)5-2-6-15(13)18/h2,5-6,12H,3-4,7-11H2,1H3. The minimum Gasteiger partial charge on any atom is -0.342 e.